The second-order valence-corrected chi connectivity index (χ2v) is 7.42. The van der Waals surface area contributed by atoms with E-state index < -0.39 is 0 Å². The number of rotatable bonds is 4. The predicted octanol–water partition coefficient (Wildman–Crippen LogP) is 3.14. The van der Waals surface area contributed by atoms with Gasteiger partial charge in [0.1, 0.15) is 5.82 Å². The molecule has 3 amide bonds. The first-order chi connectivity index (χ1) is 13.6. The average molecular weight is 400 g/mol. The molecule has 0 atom stereocenters. The third-order valence-corrected chi connectivity index (χ3v) is 5.39. The summed E-state index contributed by atoms with van der Waals surface area (Å²) in [6, 6.07) is 7.63. The van der Waals surface area contributed by atoms with E-state index >= 15 is 0 Å². The Hall–Kier alpha value is -2.61. The molecule has 0 saturated carbocycles. The summed E-state index contributed by atoms with van der Waals surface area (Å²) in [7, 11) is 0. The molecule has 148 valence electrons. The van der Waals surface area contributed by atoms with Gasteiger partial charge < -0.3 is 15.1 Å². The number of amides is 3. The van der Waals surface area contributed by atoms with E-state index in [0.717, 1.165) is 29.2 Å². The van der Waals surface area contributed by atoms with Gasteiger partial charge >= 0.3 is 6.03 Å². The Morgan fingerprint density at radius 1 is 1.11 bits per heavy atom. The highest BCUT2D eigenvalue weighted by molar-refractivity contribution is 7.98. The molecule has 3 rings (SSSR count). The minimum Gasteiger partial charge on any atom is -0.337 e. The van der Waals surface area contributed by atoms with Crippen LogP contribution in [0.2, 0.25) is 0 Å². The zero-order valence-electron chi connectivity index (χ0n) is 16.2. The van der Waals surface area contributed by atoms with Crippen LogP contribution in [0.25, 0.3) is 0 Å². The lowest BCUT2D eigenvalue weighted by atomic mass is 10.2. The minimum absolute atomic E-state index is 0.0856. The molecule has 1 aromatic carbocycles. The first-order valence-corrected chi connectivity index (χ1v) is 10.6. The lowest BCUT2D eigenvalue weighted by Gasteiger charge is -2.22. The van der Waals surface area contributed by atoms with Crippen LogP contribution in [0.5, 0.6) is 0 Å². The molecule has 0 radical (unpaired) electrons. The largest absolute Gasteiger partial charge is 0.337 e. The number of carbonyl (C=O) groups excluding carboxylic acids is 2. The van der Waals surface area contributed by atoms with Crippen LogP contribution in [0.4, 0.5) is 10.5 Å². The number of urea groups is 1. The van der Waals surface area contributed by atoms with E-state index in [-0.39, 0.29) is 11.9 Å². The van der Waals surface area contributed by atoms with E-state index in [0.29, 0.717) is 31.7 Å². The monoisotopic (exact) mass is 399 g/mol. The summed E-state index contributed by atoms with van der Waals surface area (Å²) in [5, 5.41) is 2.95. The maximum absolute atomic E-state index is 12.7. The first kappa shape index (κ1) is 20.1. The van der Waals surface area contributed by atoms with Crippen molar-refractivity contribution in [1.29, 1.82) is 0 Å². The van der Waals surface area contributed by atoms with Crippen LogP contribution in [0, 0.1) is 0 Å². The molecular weight excluding hydrogens is 374 g/mol. The second kappa shape index (κ2) is 9.54. The van der Waals surface area contributed by atoms with Gasteiger partial charge in [-0.05, 0) is 30.9 Å². The van der Waals surface area contributed by atoms with E-state index in [1.807, 2.05) is 37.4 Å². The lowest BCUT2D eigenvalue weighted by Crippen LogP contribution is -2.39. The zero-order valence-corrected chi connectivity index (χ0v) is 17.0. The summed E-state index contributed by atoms with van der Waals surface area (Å²) < 4.78 is 0. The highest BCUT2D eigenvalue weighted by atomic mass is 32.2. The molecule has 0 bridgehead atoms. The minimum atomic E-state index is -0.136. The number of thioether (sulfide) groups is 1. The van der Waals surface area contributed by atoms with Gasteiger partial charge in [0.2, 0.25) is 0 Å². The van der Waals surface area contributed by atoms with Crippen molar-refractivity contribution in [1.82, 2.24) is 19.8 Å². The highest BCUT2D eigenvalue weighted by Crippen LogP contribution is 2.19. The van der Waals surface area contributed by atoms with Gasteiger partial charge in [-0.15, -0.1) is 11.8 Å². The van der Waals surface area contributed by atoms with Crippen molar-refractivity contribution in [3.05, 3.63) is 48.0 Å². The van der Waals surface area contributed by atoms with Gasteiger partial charge in [-0.25, -0.2) is 14.8 Å². The van der Waals surface area contributed by atoms with Gasteiger partial charge in [-0.2, -0.15) is 0 Å². The molecule has 1 aliphatic rings. The summed E-state index contributed by atoms with van der Waals surface area (Å²) in [6.45, 7) is 4.19. The number of hydrogen-bond acceptors (Lipinski definition) is 5. The van der Waals surface area contributed by atoms with Crippen molar-refractivity contribution in [2.24, 2.45) is 0 Å². The molecule has 2 aromatic rings. The van der Waals surface area contributed by atoms with E-state index in [1.165, 1.54) is 0 Å². The quantitative estimate of drug-likeness (QED) is 0.799. The van der Waals surface area contributed by atoms with Crippen molar-refractivity contribution in [3.8, 4) is 0 Å². The molecule has 1 fully saturated rings. The summed E-state index contributed by atoms with van der Waals surface area (Å²) in [4.78, 5) is 38.4. The van der Waals surface area contributed by atoms with Crippen molar-refractivity contribution >= 4 is 29.4 Å². The van der Waals surface area contributed by atoms with Crippen LogP contribution in [0.3, 0.4) is 0 Å². The second-order valence-electron chi connectivity index (χ2n) is 6.54. The Labute approximate surface area is 169 Å². The SMILES string of the molecule is CCc1ncc(C(=O)N2CCCN(C(=O)Nc3cccc(SC)c3)CC2)cn1. The van der Waals surface area contributed by atoms with Crippen LogP contribution in [0.1, 0.15) is 29.5 Å². The number of nitrogens with zero attached hydrogens (tertiary/aromatic N) is 4. The fraction of sp³-hybridized carbons (Fsp3) is 0.400. The maximum atomic E-state index is 12.7. The number of hydrogen-bond donors (Lipinski definition) is 1. The smallest absolute Gasteiger partial charge is 0.321 e. The van der Waals surface area contributed by atoms with Crippen LogP contribution >= 0.6 is 11.8 Å². The van der Waals surface area contributed by atoms with Gasteiger partial charge in [-0.3, -0.25) is 4.79 Å². The fourth-order valence-electron chi connectivity index (χ4n) is 3.06. The third-order valence-electron chi connectivity index (χ3n) is 4.66. The molecule has 0 unspecified atom stereocenters. The number of carbonyl (C=O) groups is 2. The summed E-state index contributed by atoms with van der Waals surface area (Å²) in [5.74, 6) is 0.637. The predicted molar refractivity (Wildman–Crippen MR) is 111 cm³/mol. The van der Waals surface area contributed by atoms with Gasteiger partial charge in [-0.1, -0.05) is 13.0 Å². The van der Waals surface area contributed by atoms with Gasteiger partial charge in [0, 0.05) is 55.6 Å². The van der Waals surface area contributed by atoms with Gasteiger partial charge in [0.05, 0.1) is 5.56 Å². The number of anilines is 1. The Morgan fingerprint density at radius 3 is 2.54 bits per heavy atom. The molecule has 1 aromatic heterocycles. The van der Waals surface area contributed by atoms with Gasteiger partial charge in [0.25, 0.3) is 5.91 Å². The fourth-order valence-corrected chi connectivity index (χ4v) is 3.52. The number of aryl methyl sites for hydroxylation is 1. The van der Waals surface area contributed by atoms with E-state index in [9.17, 15) is 9.59 Å². The Balaban J connectivity index is 1.58. The Kier molecular flexibility index (Phi) is 6.86. The van der Waals surface area contributed by atoms with Crippen molar-refractivity contribution < 1.29 is 9.59 Å². The third kappa shape index (κ3) is 5.01. The summed E-state index contributed by atoms with van der Waals surface area (Å²) >= 11 is 1.63. The van der Waals surface area contributed by atoms with Crippen LogP contribution < -0.4 is 5.32 Å². The Bertz CT molecular complexity index is 828. The molecule has 1 saturated heterocycles. The molecule has 1 aliphatic heterocycles. The molecule has 8 heteroatoms. The zero-order chi connectivity index (χ0) is 19.9. The molecular formula is C20H25N5O2S. The summed E-state index contributed by atoms with van der Waals surface area (Å²) in [5.41, 5.74) is 1.27. The van der Waals surface area contributed by atoms with Crippen LogP contribution in [-0.4, -0.2) is 64.1 Å². The van der Waals surface area contributed by atoms with E-state index in [2.05, 4.69) is 15.3 Å². The van der Waals surface area contributed by atoms with Crippen molar-refractivity contribution in [3.63, 3.8) is 0 Å². The van der Waals surface area contributed by atoms with Crippen LogP contribution in [-0.2, 0) is 6.42 Å². The number of benzene rings is 1. The molecule has 7 nitrogen and oxygen atoms in total. The van der Waals surface area contributed by atoms with Gasteiger partial charge in [0.15, 0.2) is 0 Å². The standard InChI is InChI=1S/C20H25N5O2S/c1-3-18-21-13-15(14-22-18)19(26)24-8-5-9-25(11-10-24)20(27)23-16-6-4-7-17(12-16)28-2/h4,6-7,12-14H,3,5,8-11H2,1-2H3,(H,23,27). The number of aromatic nitrogens is 2. The highest BCUT2D eigenvalue weighted by Gasteiger charge is 2.23. The maximum Gasteiger partial charge on any atom is 0.321 e. The van der Waals surface area contributed by atoms with Crippen molar-refractivity contribution in [2.75, 3.05) is 37.8 Å². The topological polar surface area (TPSA) is 78.4 Å². The van der Waals surface area contributed by atoms with Crippen LogP contribution in [0.15, 0.2) is 41.6 Å². The Morgan fingerprint density at radius 2 is 1.82 bits per heavy atom. The normalized spacial score (nSPS) is 14.5. The molecule has 28 heavy (non-hydrogen) atoms. The molecule has 2 heterocycles. The lowest BCUT2D eigenvalue weighted by molar-refractivity contribution is 0.0761. The van der Waals surface area contributed by atoms with Crippen molar-refractivity contribution in [2.45, 2.75) is 24.7 Å². The molecule has 0 spiro atoms. The molecule has 0 aliphatic carbocycles. The average Bonchev–Trinajstić information content (AvgIpc) is 3.00. The summed E-state index contributed by atoms with van der Waals surface area (Å²) in [6.07, 6.45) is 6.65. The first-order valence-electron chi connectivity index (χ1n) is 9.41. The molecule has 1 N–H and O–H groups in total. The number of nitrogens with one attached hydrogen (secondary N) is 1. The van der Waals surface area contributed by atoms with E-state index in [1.54, 1.807) is 34.0 Å². The van der Waals surface area contributed by atoms with E-state index in [4.69, 9.17) is 0 Å².